The summed E-state index contributed by atoms with van der Waals surface area (Å²) >= 11 is 0. The largest absolute Gasteiger partial charge is 0.233 e. The van der Waals surface area contributed by atoms with Crippen molar-refractivity contribution < 1.29 is 12.8 Å². The Labute approximate surface area is 105 Å². The molecule has 4 heteroatoms. The maximum Gasteiger partial charge on any atom is 0.233 e. The van der Waals surface area contributed by atoms with Crippen LogP contribution in [0.25, 0.3) is 6.08 Å². The Morgan fingerprint density at radius 2 is 1.39 bits per heavy atom. The SMILES string of the molecule is O=S(=O)(/C(F)=C/c1ccccc1)c1ccccc1. The second kappa shape index (κ2) is 5.14. The van der Waals surface area contributed by atoms with Crippen LogP contribution in [0.5, 0.6) is 0 Å². The summed E-state index contributed by atoms with van der Waals surface area (Å²) in [5, 5.41) is -1.15. The highest BCUT2D eigenvalue weighted by Crippen LogP contribution is 2.22. The topological polar surface area (TPSA) is 34.1 Å². The summed E-state index contributed by atoms with van der Waals surface area (Å²) < 4.78 is 37.6. The van der Waals surface area contributed by atoms with Gasteiger partial charge in [-0.3, -0.25) is 0 Å². The van der Waals surface area contributed by atoms with Gasteiger partial charge in [0.15, 0.2) is 0 Å². The van der Waals surface area contributed by atoms with Crippen LogP contribution in [0, 0.1) is 0 Å². The number of sulfone groups is 1. The van der Waals surface area contributed by atoms with E-state index in [4.69, 9.17) is 0 Å². The van der Waals surface area contributed by atoms with Crippen LogP contribution >= 0.6 is 0 Å². The van der Waals surface area contributed by atoms with Crippen LogP contribution < -0.4 is 0 Å². The molecule has 2 nitrogen and oxygen atoms in total. The zero-order chi connectivity index (χ0) is 13.0. The van der Waals surface area contributed by atoms with Crippen LogP contribution in [-0.2, 0) is 9.84 Å². The molecule has 2 aromatic carbocycles. The first-order valence-corrected chi connectivity index (χ1v) is 6.81. The highest BCUT2D eigenvalue weighted by Gasteiger charge is 2.20. The van der Waals surface area contributed by atoms with E-state index in [1.54, 1.807) is 48.5 Å². The molecule has 0 aliphatic carbocycles. The molecule has 0 aliphatic heterocycles. The summed E-state index contributed by atoms with van der Waals surface area (Å²) in [7, 11) is -4.04. The second-order valence-electron chi connectivity index (χ2n) is 3.68. The zero-order valence-electron chi connectivity index (χ0n) is 9.45. The molecule has 0 heterocycles. The van der Waals surface area contributed by atoms with E-state index >= 15 is 0 Å². The van der Waals surface area contributed by atoms with Gasteiger partial charge in [0.25, 0.3) is 0 Å². The monoisotopic (exact) mass is 262 g/mol. The van der Waals surface area contributed by atoms with E-state index in [0.29, 0.717) is 5.56 Å². The number of hydrogen-bond acceptors (Lipinski definition) is 2. The third kappa shape index (κ3) is 2.65. The molecule has 0 aromatic heterocycles. The molecule has 92 valence electrons. The maximum absolute atomic E-state index is 13.8. The molecule has 0 spiro atoms. The highest BCUT2D eigenvalue weighted by molar-refractivity contribution is 7.95. The standard InChI is InChI=1S/C14H11FO2S/c15-14(11-12-7-3-1-4-8-12)18(16,17)13-9-5-2-6-10-13/h1-11H/b14-11+. The predicted octanol–water partition coefficient (Wildman–Crippen LogP) is 3.43. The van der Waals surface area contributed by atoms with Crippen molar-refractivity contribution in [3.8, 4) is 0 Å². The van der Waals surface area contributed by atoms with Crippen molar-refractivity contribution in [1.82, 2.24) is 0 Å². The highest BCUT2D eigenvalue weighted by atomic mass is 32.2. The summed E-state index contributed by atoms with van der Waals surface area (Å²) in [4.78, 5) is -0.0466. The van der Waals surface area contributed by atoms with E-state index in [1.807, 2.05) is 0 Å². The number of hydrogen-bond donors (Lipinski definition) is 0. The number of benzene rings is 2. The summed E-state index contributed by atoms with van der Waals surface area (Å²) in [6, 6.07) is 16.0. The van der Waals surface area contributed by atoms with Gasteiger partial charge in [0.2, 0.25) is 15.0 Å². The van der Waals surface area contributed by atoms with Gasteiger partial charge in [0.1, 0.15) is 0 Å². The molecule has 0 amide bonds. The first-order chi connectivity index (χ1) is 8.60. The van der Waals surface area contributed by atoms with Crippen molar-refractivity contribution in [2.75, 3.05) is 0 Å². The Morgan fingerprint density at radius 1 is 0.889 bits per heavy atom. The minimum atomic E-state index is -4.04. The minimum absolute atomic E-state index is 0.0466. The Morgan fingerprint density at radius 3 is 1.94 bits per heavy atom. The van der Waals surface area contributed by atoms with Gasteiger partial charge >= 0.3 is 0 Å². The molecule has 2 aromatic rings. The molecular weight excluding hydrogens is 251 g/mol. The van der Waals surface area contributed by atoms with E-state index in [1.165, 1.54) is 12.1 Å². The Kier molecular flexibility index (Phi) is 3.58. The fourth-order valence-corrected chi connectivity index (χ4v) is 2.50. The molecule has 0 unspecified atom stereocenters. The van der Waals surface area contributed by atoms with Crippen molar-refractivity contribution in [3.63, 3.8) is 0 Å². The van der Waals surface area contributed by atoms with Gasteiger partial charge in [-0.15, -0.1) is 0 Å². The summed E-state index contributed by atoms with van der Waals surface area (Å²) in [5.74, 6) is 0. The Bertz CT molecular complexity index is 647. The molecule has 0 saturated heterocycles. The summed E-state index contributed by atoms with van der Waals surface area (Å²) in [5.41, 5.74) is 0.509. The molecule has 0 saturated carbocycles. The molecule has 0 fully saturated rings. The average Bonchev–Trinajstić information content (AvgIpc) is 2.41. The molecule has 0 aliphatic rings. The molecule has 18 heavy (non-hydrogen) atoms. The molecule has 0 radical (unpaired) electrons. The predicted molar refractivity (Wildman–Crippen MR) is 69.2 cm³/mol. The average molecular weight is 262 g/mol. The molecule has 0 N–H and O–H groups in total. The van der Waals surface area contributed by atoms with Crippen molar-refractivity contribution in [2.24, 2.45) is 0 Å². The first-order valence-electron chi connectivity index (χ1n) is 5.33. The lowest BCUT2D eigenvalue weighted by Crippen LogP contribution is -2.00. The van der Waals surface area contributed by atoms with Gasteiger partial charge in [-0.1, -0.05) is 48.5 Å². The van der Waals surface area contributed by atoms with Crippen LogP contribution in [0.2, 0.25) is 0 Å². The fourth-order valence-electron chi connectivity index (χ4n) is 1.47. The third-order valence-electron chi connectivity index (χ3n) is 2.39. The quantitative estimate of drug-likeness (QED) is 0.849. The Balaban J connectivity index is 2.40. The van der Waals surface area contributed by atoms with E-state index in [-0.39, 0.29) is 4.90 Å². The van der Waals surface area contributed by atoms with Crippen LogP contribution in [-0.4, -0.2) is 8.42 Å². The zero-order valence-corrected chi connectivity index (χ0v) is 10.3. The van der Waals surface area contributed by atoms with Gasteiger partial charge in [0.05, 0.1) is 4.90 Å². The van der Waals surface area contributed by atoms with Crippen LogP contribution in [0.1, 0.15) is 5.56 Å². The second-order valence-corrected chi connectivity index (χ2v) is 5.54. The molecular formula is C14H11FO2S. The molecule has 0 atom stereocenters. The van der Waals surface area contributed by atoms with Crippen molar-refractivity contribution in [1.29, 1.82) is 0 Å². The van der Waals surface area contributed by atoms with Gasteiger partial charge in [-0.2, -0.15) is 4.39 Å². The normalized spacial score (nSPS) is 12.4. The van der Waals surface area contributed by atoms with Crippen molar-refractivity contribution in [2.45, 2.75) is 4.90 Å². The smallest absolute Gasteiger partial charge is 0.216 e. The van der Waals surface area contributed by atoms with Crippen LogP contribution in [0.15, 0.2) is 70.7 Å². The minimum Gasteiger partial charge on any atom is -0.216 e. The summed E-state index contributed by atoms with van der Waals surface area (Å²) in [6.07, 6.45) is 1.02. The van der Waals surface area contributed by atoms with Gasteiger partial charge < -0.3 is 0 Å². The van der Waals surface area contributed by atoms with E-state index in [2.05, 4.69) is 0 Å². The number of rotatable bonds is 3. The van der Waals surface area contributed by atoms with Crippen LogP contribution in [0.4, 0.5) is 4.39 Å². The van der Waals surface area contributed by atoms with Gasteiger partial charge in [-0.05, 0) is 23.8 Å². The van der Waals surface area contributed by atoms with Crippen molar-refractivity contribution in [3.05, 3.63) is 71.4 Å². The van der Waals surface area contributed by atoms with E-state index < -0.39 is 15.0 Å². The first kappa shape index (κ1) is 12.5. The van der Waals surface area contributed by atoms with Gasteiger partial charge in [0, 0.05) is 0 Å². The van der Waals surface area contributed by atoms with E-state index in [0.717, 1.165) is 6.08 Å². The fraction of sp³-hybridized carbons (Fsp3) is 0. The lowest BCUT2D eigenvalue weighted by Gasteiger charge is -2.01. The summed E-state index contributed by atoms with van der Waals surface area (Å²) in [6.45, 7) is 0. The lowest BCUT2D eigenvalue weighted by molar-refractivity contribution is 0.579. The molecule has 0 bridgehead atoms. The Hall–Kier alpha value is -1.94. The number of halogens is 1. The third-order valence-corrected chi connectivity index (χ3v) is 3.91. The van der Waals surface area contributed by atoms with Crippen LogP contribution in [0.3, 0.4) is 0 Å². The maximum atomic E-state index is 13.8. The molecule has 2 rings (SSSR count). The van der Waals surface area contributed by atoms with E-state index in [9.17, 15) is 12.8 Å². The van der Waals surface area contributed by atoms with Gasteiger partial charge in [-0.25, -0.2) is 8.42 Å². The lowest BCUT2D eigenvalue weighted by atomic mass is 10.2. The van der Waals surface area contributed by atoms with Crippen molar-refractivity contribution >= 4 is 15.9 Å².